The number of ether oxygens (including phenoxy) is 2. The zero-order valence-electron chi connectivity index (χ0n) is 14.3. The quantitative estimate of drug-likeness (QED) is 0.523. The molecule has 0 saturated carbocycles. The van der Waals surface area contributed by atoms with Gasteiger partial charge < -0.3 is 9.47 Å². The van der Waals surface area contributed by atoms with Gasteiger partial charge in [-0.3, -0.25) is 0 Å². The van der Waals surface area contributed by atoms with Gasteiger partial charge in [-0.05, 0) is 88.4 Å². The Hall–Kier alpha value is -1.51. The number of anilines is 1. The summed E-state index contributed by atoms with van der Waals surface area (Å²) in [5.74, 6) is 0. The zero-order valence-corrected chi connectivity index (χ0v) is 16.4. The largest absolute Gasteiger partial charge is 0.443 e. The topological polar surface area (TPSA) is 67.9 Å². The Morgan fingerprint density at radius 1 is 0.957 bits per heavy atom. The Labute approximate surface area is 150 Å². The highest BCUT2D eigenvalue weighted by molar-refractivity contribution is 14.1. The van der Waals surface area contributed by atoms with Gasteiger partial charge in [0, 0.05) is 3.57 Å². The van der Waals surface area contributed by atoms with Crippen LogP contribution in [-0.2, 0) is 9.47 Å². The maximum absolute atomic E-state index is 12.4. The Balaban J connectivity index is 2.99. The van der Waals surface area contributed by atoms with Crippen LogP contribution in [0, 0.1) is 3.57 Å². The van der Waals surface area contributed by atoms with Gasteiger partial charge in [-0.2, -0.15) is 5.01 Å². The Bertz CT molecular complexity index is 559. The Kier molecular flexibility index (Phi) is 6.26. The second-order valence-corrected chi connectivity index (χ2v) is 8.15. The average molecular weight is 434 g/mol. The predicted molar refractivity (Wildman–Crippen MR) is 97.2 cm³/mol. The van der Waals surface area contributed by atoms with Crippen molar-refractivity contribution >= 4 is 40.5 Å². The van der Waals surface area contributed by atoms with Gasteiger partial charge in [0.25, 0.3) is 0 Å². The number of amides is 2. The average Bonchev–Trinajstić information content (AvgIpc) is 2.33. The van der Waals surface area contributed by atoms with E-state index in [9.17, 15) is 9.59 Å². The van der Waals surface area contributed by atoms with Crippen molar-refractivity contribution in [1.82, 2.24) is 5.43 Å². The number of hydrogen-bond donors (Lipinski definition) is 1. The summed E-state index contributed by atoms with van der Waals surface area (Å²) < 4.78 is 11.5. The molecule has 0 fully saturated rings. The van der Waals surface area contributed by atoms with Gasteiger partial charge in [0.15, 0.2) is 0 Å². The molecule has 0 aliphatic rings. The number of carbonyl (C=O) groups is 2. The smallest absolute Gasteiger partial charge is 0.434 e. The normalized spacial score (nSPS) is 11.6. The fourth-order valence-corrected chi connectivity index (χ4v) is 1.87. The lowest BCUT2D eigenvalue weighted by Crippen LogP contribution is -2.50. The predicted octanol–water partition coefficient (Wildman–Crippen LogP) is 4.47. The molecule has 0 aliphatic carbocycles. The van der Waals surface area contributed by atoms with Crippen molar-refractivity contribution in [2.24, 2.45) is 0 Å². The molecule has 0 unspecified atom stereocenters. The number of benzene rings is 1. The van der Waals surface area contributed by atoms with Crippen LogP contribution in [0.15, 0.2) is 24.3 Å². The third-order valence-electron chi connectivity index (χ3n) is 2.26. The summed E-state index contributed by atoms with van der Waals surface area (Å²) >= 11 is 2.16. The molecule has 1 rings (SSSR count). The van der Waals surface area contributed by atoms with Crippen LogP contribution >= 0.6 is 22.6 Å². The number of nitrogens with one attached hydrogen (secondary N) is 1. The summed E-state index contributed by atoms with van der Waals surface area (Å²) in [5.41, 5.74) is 1.55. The molecular formula is C16H23IN2O4. The number of rotatable bonds is 1. The molecule has 2 amide bonds. The third kappa shape index (κ3) is 7.54. The van der Waals surface area contributed by atoms with Crippen molar-refractivity contribution in [3.63, 3.8) is 0 Å². The molecule has 6 nitrogen and oxygen atoms in total. The van der Waals surface area contributed by atoms with E-state index in [2.05, 4.69) is 28.0 Å². The van der Waals surface area contributed by atoms with Gasteiger partial charge in [0.1, 0.15) is 11.2 Å². The summed E-state index contributed by atoms with van der Waals surface area (Å²) in [6.07, 6.45) is -1.42. The zero-order chi connectivity index (χ0) is 17.8. The summed E-state index contributed by atoms with van der Waals surface area (Å²) in [6, 6.07) is 7.07. The third-order valence-corrected chi connectivity index (χ3v) is 2.98. The van der Waals surface area contributed by atoms with Crippen molar-refractivity contribution in [3.8, 4) is 0 Å². The van der Waals surface area contributed by atoms with Crippen LogP contribution in [0.25, 0.3) is 0 Å². The van der Waals surface area contributed by atoms with Gasteiger partial charge in [-0.15, -0.1) is 0 Å². The molecule has 23 heavy (non-hydrogen) atoms. The first-order valence-electron chi connectivity index (χ1n) is 7.16. The van der Waals surface area contributed by atoms with Gasteiger partial charge in [-0.1, -0.05) is 0 Å². The second kappa shape index (κ2) is 7.37. The summed E-state index contributed by atoms with van der Waals surface area (Å²) in [5, 5.41) is 1.04. The molecule has 0 spiro atoms. The van der Waals surface area contributed by atoms with Crippen LogP contribution in [0.1, 0.15) is 41.5 Å². The van der Waals surface area contributed by atoms with Crippen molar-refractivity contribution in [3.05, 3.63) is 27.8 Å². The van der Waals surface area contributed by atoms with E-state index in [1.165, 1.54) is 0 Å². The first-order valence-corrected chi connectivity index (χ1v) is 8.23. The van der Waals surface area contributed by atoms with E-state index in [4.69, 9.17) is 9.47 Å². The van der Waals surface area contributed by atoms with Crippen molar-refractivity contribution in [2.75, 3.05) is 5.01 Å². The first kappa shape index (κ1) is 19.5. The van der Waals surface area contributed by atoms with E-state index >= 15 is 0 Å². The van der Waals surface area contributed by atoms with Crippen LogP contribution in [0.2, 0.25) is 0 Å². The molecule has 1 aromatic carbocycles. The lowest BCUT2D eigenvalue weighted by molar-refractivity contribution is 0.0425. The fraction of sp³-hybridized carbons (Fsp3) is 0.500. The molecule has 0 aromatic heterocycles. The van der Waals surface area contributed by atoms with E-state index in [1.807, 2.05) is 12.1 Å². The summed E-state index contributed by atoms with van der Waals surface area (Å²) in [4.78, 5) is 24.4. The molecule has 0 aliphatic heterocycles. The van der Waals surface area contributed by atoms with Crippen LogP contribution in [0.3, 0.4) is 0 Å². The van der Waals surface area contributed by atoms with Crippen LogP contribution in [-0.4, -0.2) is 23.4 Å². The van der Waals surface area contributed by atoms with Crippen LogP contribution in [0.4, 0.5) is 15.3 Å². The highest BCUT2D eigenvalue weighted by Gasteiger charge is 2.27. The number of nitrogens with zero attached hydrogens (tertiary/aromatic N) is 1. The fourth-order valence-electron chi connectivity index (χ4n) is 1.51. The van der Waals surface area contributed by atoms with Gasteiger partial charge in [0.2, 0.25) is 0 Å². The molecule has 128 valence electrons. The van der Waals surface area contributed by atoms with E-state index in [0.29, 0.717) is 5.69 Å². The van der Waals surface area contributed by atoms with Crippen molar-refractivity contribution in [1.29, 1.82) is 0 Å². The minimum atomic E-state index is -0.734. The number of carbonyl (C=O) groups excluding carboxylic acids is 2. The van der Waals surface area contributed by atoms with E-state index < -0.39 is 23.4 Å². The molecular weight excluding hydrogens is 411 g/mol. The minimum Gasteiger partial charge on any atom is -0.443 e. The molecule has 0 atom stereocenters. The second-order valence-electron chi connectivity index (χ2n) is 6.91. The number of halogens is 1. The maximum atomic E-state index is 12.4. The van der Waals surface area contributed by atoms with Gasteiger partial charge in [0.05, 0.1) is 5.69 Å². The lowest BCUT2D eigenvalue weighted by atomic mass is 10.2. The van der Waals surface area contributed by atoms with Crippen LogP contribution < -0.4 is 10.4 Å². The monoisotopic (exact) mass is 434 g/mol. The summed E-state index contributed by atoms with van der Waals surface area (Å²) in [6.45, 7) is 10.5. The minimum absolute atomic E-state index is 0.477. The maximum Gasteiger partial charge on any atom is 0.434 e. The lowest BCUT2D eigenvalue weighted by Gasteiger charge is -2.28. The molecule has 1 aromatic rings. The molecule has 0 heterocycles. The Morgan fingerprint density at radius 2 is 1.43 bits per heavy atom. The van der Waals surface area contributed by atoms with Gasteiger partial charge >= 0.3 is 12.2 Å². The molecule has 7 heteroatoms. The van der Waals surface area contributed by atoms with Crippen molar-refractivity contribution in [2.45, 2.75) is 52.7 Å². The Morgan fingerprint density at radius 3 is 1.87 bits per heavy atom. The molecule has 0 saturated heterocycles. The van der Waals surface area contributed by atoms with E-state index in [1.54, 1.807) is 53.7 Å². The van der Waals surface area contributed by atoms with Gasteiger partial charge in [-0.25, -0.2) is 15.0 Å². The van der Waals surface area contributed by atoms with Crippen molar-refractivity contribution < 1.29 is 19.1 Å². The molecule has 0 radical (unpaired) electrons. The SMILES string of the molecule is CC(C)(C)OC(=O)NN(C(=O)OC(C)(C)C)c1ccc(I)cc1. The standard InChI is InChI=1S/C16H23IN2O4/c1-15(2,3)22-13(20)18-19(14(21)23-16(4,5)6)12-9-7-11(17)8-10-12/h7-10H,1-6H3,(H,18,20). The summed E-state index contributed by atoms with van der Waals surface area (Å²) in [7, 11) is 0. The number of hydrazine groups is 1. The highest BCUT2D eigenvalue weighted by atomic mass is 127. The first-order chi connectivity index (χ1) is 10.4. The highest BCUT2D eigenvalue weighted by Crippen LogP contribution is 2.19. The molecule has 1 N–H and O–H groups in total. The number of hydrogen-bond acceptors (Lipinski definition) is 4. The van der Waals surface area contributed by atoms with E-state index in [0.717, 1.165) is 8.58 Å². The molecule has 0 bridgehead atoms. The van der Waals surface area contributed by atoms with E-state index in [-0.39, 0.29) is 0 Å². The van der Waals surface area contributed by atoms with Crippen LogP contribution in [0.5, 0.6) is 0 Å².